The fourth-order valence-electron chi connectivity index (χ4n) is 3.32. The van der Waals surface area contributed by atoms with Gasteiger partial charge in [0.05, 0.1) is 12.2 Å². The normalized spacial score (nSPS) is 23.9. The Labute approximate surface area is 140 Å². The van der Waals surface area contributed by atoms with Gasteiger partial charge in [-0.25, -0.2) is 4.79 Å². The highest BCUT2D eigenvalue weighted by atomic mass is 35.5. The van der Waals surface area contributed by atoms with Crippen LogP contribution in [0.15, 0.2) is 18.2 Å². The first-order chi connectivity index (χ1) is 11.0. The lowest BCUT2D eigenvalue weighted by Gasteiger charge is -2.32. The second-order valence-corrected chi connectivity index (χ2v) is 6.81. The minimum Gasteiger partial charge on any atom is -0.423 e. The van der Waals surface area contributed by atoms with Crippen molar-refractivity contribution >= 4 is 29.2 Å². The third-order valence-electron chi connectivity index (χ3n) is 4.60. The summed E-state index contributed by atoms with van der Waals surface area (Å²) in [7, 11) is 0. The third kappa shape index (κ3) is 3.78. The van der Waals surface area contributed by atoms with Gasteiger partial charge in [-0.1, -0.05) is 31.4 Å². The Hall–Kier alpha value is -1.75. The maximum absolute atomic E-state index is 12.4. The van der Waals surface area contributed by atoms with Crippen LogP contribution in [0, 0.1) is 5.92 Å². The molecule has 1 heterocycles. The molecule has 2 unspecified atom stereocenters. The molecule has 1 aliphatic carbocycles. The van der Waals surface area contributed by atoms with Gasteiger partial charge in [0.1, 0.15) is 6.54 Å². The number of carbonyl (C=O) groups is 2. The van der Waals surface area contributed by atoms with Gasteiger partial charge in [-0.05, 0) is 37.0 Å². The van der Waals surface area contributed by atoms with E-state index in [1.165, 1.54) is 6.42 Å². The molecule has 1 saturated carbocycles. The monoisotopic (exact) mass is 336 g/mol. The zero-order valence-corrected chi connectivity index (χ0v) is 13.9. The number of anilines is 1. The third-order valence-corrected chi connectivity index (χ3v) is 4.83. The largest absolute Gasteiger partial charge is 0.423 e. The molecule has 2 atom stereocenters. The van der Waals surface area contributed by atoms with Gasteiger partial charge in [0.15, 0.2) is 5.75 Å². The van der Waals surface area contributed by atoms with E-state index in [0.29, 0.717) is 22.4 Å². The molecule has 2 aliphatic rings. The van der Waals surface area contributed by atoms with Crippen LogP contribution in [0.4, 0.5) is 5.69 Å². The number of nitrogens with zero attached hydrogens (tertiary/aromatic N) is 1. The van der Waals surface area contributed by atoms with Crippen LogP contribution in [0.1, 0.15) is 32.6 Å². The van der Waals surface area contributed by atoms with Gasteiger partial charge in [0, 0.05) is 11.1 Å². The van der Waals surface area contributed by atoms with Gasteiger partial charge < -0.3 is 15.0 Å². The summed E-state index contributed by atoms with van der Waals surface area (Å²) in [6.45, 7) is 2.37. The maximum Gasteiger partial charge on any atom is 0.331 e. The van der Waals surface area contributed by atoms with E-state index in [-0.39, 0.29) is 31.0 Å². The molecule has 1 amide bonds. The average molecular weight is 337 g/mol. The lowest BCUT2D eigenvalue weighted by molar-refractivity contribution is -0.133. The van der Waals surface area contributed by atoms with E-state index < -0.39 is 0 Å². The summed E-state index contributed by atoms with van der Waals surface area (Å²) in [4.78, 5) is 25.8. The highest BCUT2D eigenvalue weighted by Crippen LogP contribution is 2.34. The zero-order chi connectivity index (χ0) is 16.4. The van der Waals surface area contributed by atoms with Crippen molar-refractivity contribution in [2.24, 2.45) is 5.92 Å². The highest BCUT2D eigenvalue weighted by molar-refractivity contribution is 6.31. The molecule has 0 radical (unpaired) electrons. The summed E-state index contributed by atoms with van der Waals surface area (Å²) in [5, 5.41) is 3.66. The summed E-state index contributed by atoms with van der Waals surface area (Å²) in [6.07, 6.45) is 4.57. The molecule has 1 fully saturated rings. The van der Waals surface area contributed by atoms with Crippen molar-refractivity contribution in [3.05, 3.63) is 23.2 Å². The number of fused-ring (bicyclic) bond motifs is 1. The van der Waals surface area contributed by atoms with Crippen molar-refractivity contribution in [3.63, 3.8) is 0 Å². The second-order valence-electron chi connectivity index (χ2n) is 6.38. The van der Waals surface area contributed by atoms with Crippen molar-refractivity contribution in [2.75, 3.05) is 18.0 Å². The molecule has 1 N–H and O–H groups in total. The number of halogens is 1. The maximum atomic E-state index is 12.4. The first-order valence-electron chi connectivity index (χ1n) is 8.07. The Morgan fingerprint density at radius 2 is 2.17 bits per heavy atom. The molecular formula is C17H21ClN2O3. The molecule has 3 rings (SSSR count). The molecule has 1 aromatic rings. The fourth-order valence-corrected chi connectivity index (χ4v) is 3.48. The molecule has 1 aliphatic heterocycles. The standard InChI is InChI=1S/C17H21ClN2O3/c1-11-4-2-3-5-13(11)19-16(21)9-20-10-17(22)23-15-7-6-12(18)8-14(15)20/h6-8,11,13H,2-5,9-10H2,1H3,(H,19,21). The number of carbonyl (C=O) groups excluding carboxylic acids is 2. The predicted octanol–water partition coefficient (Wildman–Crippen LogP) is 2.76. The quantitative estimate of drug-likeness (QED) is 0.681. The van der Waals surface area contributed by atoms with Crippen LogP contribution >= 0.6 is 11.6 Å². The van der Waals surface area contributed by atoms with Gasteiger partial charge in [0.25, 0.3) is 0 Å². The predicted molar refractivity (Wildman–Crippen MR) is 88.9 cm³/mol. The Balaban J connectivity index is 1.69. The van der Waals surface area contributed by atoms with Crippen molar-refractivity contribution in [1.82, 2.24) is 5.32 Å². The van der Waals surface area contributed by atoms with Crippen LogP contribution < -0.4 is 15.0 Å². The zero-order valence-electron chi connectivity index (χ0n) is 13.2. The number of hydrogen-bond acceptors (Lipinski definition) is 4. The van der Waals surface area contributed by atoms with Crippen molar-refractivity contribution < 1.29 is 14.3 Å². The first kappa shape index (κ1) is 16.1. The average Bonchev–Trinajstić information content (AvgIpc) is 2.50. The van der Waals surface area contributed by atoms with Gasteiger partial charge in [-0.15, -0.1) is 0 Å². The van der Waals surface area contributed by atoms with E-state index in [1.807, 2.05) is 0 Å². The SMILES string of the molecule is CC1CCCCC1NC(=O)CN1CC(=O)Oc2ccc(Cl)cc21. The van der Waals surface area contributed by atoms with Gasteiger partial charge in [0.2, 0.25) is 5.91 Å². The van der Waals surface area contributed by atoms with E-state index in [2.05, 4.69) is 12.2 Å². The smallest absolute Gasteiger partial charge is 0.331 e. The highest BCUT2D eigenvalue weighted by Gasteiger charge is 2.28. The molecule has 6 heteroatoms. The molecular weight excluding hydrogens is 316 g/mol. The van der Waals surface area contributed by atoms with Crippen LogP contribution in [0.5, 0.6) is 5.75 Å². The lowest BCUT2D eigenvalue weighted by atomic mass is 9.86. The van der Waals surface area contributed by atoms with E-state index in [9.17, 15) is 9.59 Å². The number of nitrogens with one attached hydrogen (secondary N) is 1. The van der Waals surface area contributed by atoms with Gasteiger partial charge in [-0.2, -0.15) is 0 Å². The Morgan fingerprint density at radius 3 is 2.96 bits per heavy atom. The summed E-state index contributed by atoms with van der Waals surface area (Å²) < 4.78 is 5.19. The van der Waals surface area contributed by atoms with Gasteiger partial charge >= 0.3 is 5.97 Å². The number of ether oxygens (including phenoxy) is 1. The van der Waals surface area contributed by atoms with Crippen LogP contribution in [0.3, 0.4) is 0 Å². The Bertz CT molecular complexity index is 620. The number of hydrogen-bond donors (Lipinski definition) is 1. The number of rotatable bonds is 3. The second kappa shape index (κ2) is 6.79. The summed E-state index contributed by atoms with van der Waals surface area (Å²) in [5.74, 6) is 0.522. The van der Waals surface area contributed by atoms with E-state index in [0.717, 1.165) is 19.3 Å². The molecule has 0 bridgehead atoms. The van der Waals surface area contributed by atoms with E-state index in [4.69, 9.17) is 16.3 Å². The van der Waals surface area contributed by atoms with Crippen LogP contribution in [-0.4, -0.2) is 31.0 Å². The fraction of sp³-hybridized carbons (Fsp3) is 0.529. The summed E-state index contributed by atoms with van der Waals surface area (Å²) in [6, 6.07) is 5.27. The van der Waals surface area contributed by atoms with Crippen LogP contribution in [0.2, 0.25) is 5.02 Å². The first-order valence-corrected chi connectivity index (χ1v) is 8.45. The molecule has 0 aromatic heterocycles. The van der Waals surface area contributed by atoms with Gasteiger partial charge in [-0.3, -0.25) is 4.79 Å². The number of benzene rings is 1. The van der Waals surface area contributed by atoms with Crippen LogP contribution in [-0.2, 0) is 9.59 Å². The lowest BCUT2D eigenvalue weighted by Crippen LogP contribution is -2.48. The summed E-state index contributed by atoms with van der Waals surface area (Å²) in [5.41, 5.74) is 0.684. The minimum absolute atomic E-state index is 0.0565. The Kier molecular flexibility index (Phi) is 4.76. The number of amides is 1. The minimum atomic E-state index is -0.362. The van der Waals surface area contributed by atoms with Crippen molar-refractivity contribution in [1.29, 1.82) is 0 Å². The van der Waals surface area contributed by atoms with E-state index >= 15 is 0 Å². The molecule has 5 nitrogen and oxygen atoms in total. The van der Waals surface area contributed by atoms with Crippen molar-refractivity contribution in [2.45, 2.75) is 38.6 Å². The molecule has 0 spiro atoms. The molecule has 0 saturated heterocycles. The van der Waals surface area contributed by atoms with Crippen molar-refractivity contribution in [3.8, 4) is 5.75 Å². The molecule has 1 aromatic carbocycles. The summed E-state index contributed by atoms with van der Waals surface area (Å²) >= 11 is 6.02. The number of esters is 1. The molecule has 23 heavy (non-hydrogen) atoms. The topological polar surface area (TPSA) is 58.6 Å². The molecule has 124 valence electrons. The van der Waals surface area contributed by atoms with Crippen LogP contribution in [0.25, 0.3) is 0 Å². The Morgan fingerprint density at radius 1 is 1.39 bits per heavy atom. The van der Waals surface area contributed by atoms with E-state index in [1.54, 1.807) is 23.1 Å².